The first-order chi connectivity index (χ1) is 11.8. The molecule has 0 bridgehead atoms. The molecule has 0 aliphatic rings. The van der Waals surface area contributed by atoms with Gasteiger partial charge in [-0.05, 0) is 30.3 Å². The van der Waals surface area contributed by atoms with E-state index in [0.29, 0.717) is 11.0 Å². The smallest absolute Gasteiger partial charge is 0.323 e. The van der Waals surface area contributed by atoms with Gasteiger partial charge >= 0.3 is 5.69 Å². The minimum Gasteiger partial charge on any atom is -0.345 e. The second-order valence-electron chi connectivity index (χ2n) is 5.64. The van der Waals surface area contributed by atoms with Gasteiger partial charge in [-0.3, -0.25) is 9.52 Å². The minimum atomic E-state index is -3.93. The number of amides is 1. The average Bonchev–Trinajstić information content (AvgIpc) is 2.93. The number of aromatic nitrogens is 2. The quantitative estimate of drug-likeness (QED) is 0.651. The molecule has 1 heterocycles. The molecule has 1 aromatic heterocycles. The molecule has 2 aromatic carbocycles. The van der Waals surface area contributed by atoms with E-state index in [1.54, 1.807) is 32.3 Å². The summed E-state index contributed by atoms with van der Waals surface area (Å²) in [6, 6.07) is 10.6. The van der Waals surface area contributed by atoms with Gasteiger partial charge in [0.25, 0.3) is 15.9 Å². The van der Waals surface area contributed by atoms with Crippen LogP contribution < -0.4 is 10.4 Å². The zero-order valence-corrected chi connectivity index (χ0v) is 14.3. The van der Waals surface area contributed by atoms with Gasteiger partial charge in [-0.1, -0.05) is 12.1 Å². The summed E-state index contributed by atoms with van der Waals surface area (Å²) in [5.74, 6) is -0.316. The third-order valence-corrected chi connectivity index (χ3v) is 4.97. The fraction of sp³-hybridized carbons (Fsp3) is 0.125. The molecule has 0 aliphatic heterocycles. The largest absolute Gasteiger partial charge is 0.345 e. The van der Waals surface area contributed by atoms with E-state index >= 15 is 0 Å². The van der Waals surface area contributed by atoms with Crippen molar-refractivity contribution in [3.8, 4) is 0 Å². The minimum absolute atomic E-state index is 0.0256. The molecule has 8 nitrogen and oxygen atoms in total. The Morgan fingerprint density at radius 2 is 1.72 bits per heavy atom. The van der Waals surface area contributed by atoms with Crippen LogP contribution in [0.1, 0.15) is 10.4 Å². The van der Waals surface area contributed by atoms with Crippen molar-refractivity contribution in [2.24, 2.45) is 0 Å². The van der Waals surface area contributed by atoms with E-state index in [2.05, 4.69) is 14.7 Å². The molecule has 3 rings (SSSR count). The van der Waals surface area contributed by atoms with Gasteiger partial charge in [0.05, 0.1) is 27.2 Å². The highest BCUT2D eigenvalue weighted by Gasteiger charge is 2.20. The highest BCUT2D eigenvalue weighted by atomic mass is 32.2. The van der Waals surface area contributed by atoms with E-state index in [1.807, 2.05) is 0 Å². The van der Waals surface area contributed by atoms with Gasteiger partial charge in [-0.25, -0.2) is 13.2 Å². The number of hydrogen-bond donors (Lipinski definition) is 3. The average molecular weight is 360 g/mol. The predicted molar refractivity (Wildman–Crippen MR) is 94.2 cm³/mol. The number of imidazole rings is 1. The third-order valence-electron chi connectivity index (χ3n) is 3.61. The van der Waals surface area contributed by atoms with Crippen molar-refractivity contribution < 1.29 is 13.2 Å². The number of nitrogens with zero attached hydrogens (tertiary/aromatic N) is 1. The number of fused-ring (bicyclic) bond motifs is 1. The van der Waals surface area contributed by atoms with E-state index in [0.717, 1.165) is 0 Å². The molecule has 0 saturated heterocycles. The maximum atomic E-state index is 12.7. The first kappa shape index (κ1) is 16.8. The summed E-state index contributed by atoms with van der Waals surface area (Å²) in [5, 5.41) is 0. The lowest BCUT2D eigenvalue weighted by molar-refractivity contribution is 0.0828. The maximum absolute atomic E-state index is 12.7. The molecule has 3 N–H and O–H groups in total. The monoisotopic (exact) mass is 360 g/mol. The molecule has 0 atom stereocenters. The number of para-hydroxylation sites is 1. The normalized spacial score (nSPS) is 11.4. The fourth-order valence-electron chi connectivity index (χ4n) is 2.38. The molecule has 0 unspecified atom stereocenters. The molecule has 0 fully saturated rings. The Morgan fingerprint density at radius 3 is 2.44 bits per heavy atom. The number of H-pyrrole nitrogens is 2. The van der Waals surface area contributed by atoms with E-state index in [9.17, 15) is 18.0 Å². The SMILES string of the molecule is CN(C)C(=O)c1ccccc1NS(=O)(=O)c1ccc2[nH]c(=O)[nH]c2c1. The zero-order chi connectivity index (χ0) is 18.2. The Morgan fingerprint density at radius 1 is 1.04 bits per heavy atom. The van der Waals surface area contributed by atoms with Gasteiger partial charge in [0.15, 0.2) is 0 Å². The van der Waals surface area contributed by atoms with Gasteiger partial charge in [-0.2, -0.15) is 0 Å². The first-order valence-electron chi connectivity index (χ1n) is 7.33. The van der Waals surface area contributed by atoms with Crippen LogP contribution in [0.3, 0.4) is 0 Å². The lowest BCUT2D eigenvalue weighted by atomic mass is 10.1. The van der Waals surface area contributed by atoms with Gasteiger partial charge in [0.2, 0.25) is 0 Å². The fourth-order valence-corrected chi connectivity index (χ4v) is 3.49. The molecule has 25 heavy (non-hydrogen) atoms. The van der Waals surface area contributed by atoms with Crippen LogP contribution in [0, 0.1) is 0 Å². The van der Waals surface area contributed by atoms with Crippen molar-refractivity contribution in [2.75, 3.05) is 18.8 Å². The molecule has 0 aliphatic carbocycles. The Balaban J connectivity index is 2.01. The summed E-state index contributed by atoms with van der Waals surface area (Å²) in [4.78, 5) is 29.9. The van der Waals surface area contributed by atoms with Crippen LogP contribution in [0.25, 0.3) is 11.0 Å². The molecular weight excluding hydrogens is 344 g/mol. The zero-order valence-electron chi connectivity index (χ0n) is 13.5. The lowest BCUT2D eigenvalue weighted by Gasteiger charge is -2.15. The summed E-state index contributed by atoms with van der Waals surface area (Å²) in [7, 11) is -0.760. The van der Waals surface area contributed by atoms with Crippen molar-refractivity contribution in [3.63, 3.8) is 0 Å². The van der Waals surface area contributed by atoms with Gasteiger partial charge in [0.1, 0.15) is 0 Å². The number of aromatic amines is 2. The Kier molecular flexibility index (Phi) is 4.09. The summed E-state index contributed by atoms with van der Waals surface area (Å²) in [6.45, 7) is 0. The molecule has 0 spiro atoms. The van der Waals surface area contributed by atoms with Crippen molar-refractivity contribution in [2.45, 2.75) is 4.90 Å². The van der Waals surface area contributed by atoms with E-state index in [4.69, 9.17) is 0 Å². The second-order valence-corrected chi connectivity index (χ2v) is 7.32. The Hall–Kier alpha value is -3.07. The molecule has 9 heteroatoms. The molecular formula is C16H16N4O4S. The van der Waals surface area contributed by atoms with E-state index in [-0.39, 0.29) is 22.1 Å². The number of nitrogens with one attached hydrogen (secondary N) is 3. The van der Waals surface area contributed by atoms with Crippen LogP contribution in [0.2, 0.25) is 0 Å². The van der Waals surface area contributed by atoms with Crippen molar-refractivity contribution >= 4 is 32.7 Å². The maximum Gasteiger partial charge on any atom is 0.323 e. The van der Waals surface area contributed by atoms with Crippen LogP contribution in [0.15, 0.2) is 52.2 Å². The van der Waals surface area contributed by atoms with Gasteiger partial charge in [-0.15, -0.1) is 0 Å². The number of hydrogen-bond acceptors (Lipinski definition) is 4. The summed E-state index contributed by atoms with van der Waals surface area (Å²) >= 11 is 0. The summed E-state index contributed by atoms with van der Waals surface area (Å²) in [6.07, 6.45) is 0. The highest BCUT2D eigenvalue weighted by Crippen LogP contribution is 2.22. The molecule has 0 radical (unpaired) electrons. The van der Waals surface area contributed by atoms with Crippen molar-refractivity contribution in [3.05, 3.63) is 58.5 Å². The molecule has 3 aromatic rings. The van der Waals surface area contributed by atoms with E-state index < -0.39 is 15.7 Å². The number of anilines is 1. The summed E-state index contributed by atoms with van der Waals surface area (Å²) < 4.78 is 27.7. The van der Waals surface area contributed by atoms with E-state index in [1.165, 1.54) is 29.2 Å². The highest BCUT2D eigenvalue weighted by molar-refractivity contribution is 7.92. The Labute approximate surface area is 143 Å². The number of benzene rings is 2. The molecule has 0 saturated carbocycles. The Bertz CT molecular complexity index is 1110. The predicted octanol–water partition coefficient (Wildman–Crippen LogP) is 1.36. The summed E-state index contributed by atoms with van der Waals surface area (Å²) in [5.41, 5.74) is 0.896. The number of carbonyl (C=O) groups is 1. The van der Waals surface area contributed by atoms with Crippen LogP contribution in [-0.2, 0) is 10.0 Å². The number of sulfonamides is 1. The topological polar surface area (TPSA) is 115 Å². The van der Waals surface area contributed by atoms with Crippen molar-refractivity contribution in [1.82, 2.24) is 14.9 Å². The third kappa shape index (κ3) is 3.26. The van der Waals surface area contributed by atoms with Crippen LogP contribution in [-0.4, -0.2) is 43.3 Å². The lowest BCUT2D eigenvalue weighted by Crippen LogP contribution is -2.24. The van der Waals surface area contributed by atoms with Crippen LogP contribution in [0.5, 0.6) is 0 Å². The number of carbonyl (C=O) groups excluding carboxylic acids is 1. The van der Waals surface area contributed by atoms with Crippen molar-refractivity contribution in [1.29, 1.82) is 0 Å². The molecule has 130 valence electrons. The first-order valence-corrected chi connectivity index (χ1v) is 8.82. The van der Waals surface area contributed by atoms with Crippen LogP contribution >= 0.6 is 0 Å². The van der Waals surface area contributed by atoms with Gasteiger partial charge < -0.3 is 14.9 Å². The van der Waals surface area contributed by atoms with Crippen LogP contribution in [0.4, 0.5) is 5.69 Å². The number of rotatable bonds is 4. The second kappa shape index (κ2) is 6.10. The standard InChI is InChI=1S/C16H16N4O4S/c1-20(2)15(21)11-5-3-4-6-12(11)19-25(23,24)10-7-8-13-14(9-10)18-16(22)17-13/h3-9,19H,1-2H3,(H2,17,18,22). The van der Waals surface area contributed by atoms with Gasteiger partial charge in [0, 0.05) is 14.1 Å². The molecule has 1 amide bonds.